The average Bonchev–Trinajstić information content (AvgIpc) is 2.82. The van der Waals surface area contributed by atoms with E-state index in [0.717, 1.165) is 11.1 Å². The van der Waals surface area contributed by atoms with Gasteiger partial charge in [0.1, 0.15) is 5.69 Å². The second kappa shape index (κ2) is 6.33. The van der Waals surface area contributed by atoms with E-state index in [1.54, 1.807) is 30.3 Å². The van der Waals surface area contributed by atoms with E-state index >= 15 is 0 Å². The number of hydrogen-bond donors (Lipinski definition) is 2. The Hall–Kier alpha value is -2.89. The summed E-state index contributed by atoms with van der Waals surface area (Å²) in [4.78, 5) is 20.8. The molecule has 0 saturated heterocycles. The first kappa shape index (κ1) is 13.5. The Labute approximate surface area is 115 Å². The number of nitrogens with zero attached hydrogens (tertiary/aromatic N) is 1. The minimum Gasteiger partial charge on any atom is -0.348 e. The third kappa shape index (κ3) is 3.55. The number of nitro groups is 1. The summed E-state index contributed by atoms with van der Waals surface area (Å²) < 4.78 is 0. The first-order valence-electron chi connectivity index (χ1n) is 5.99. The van der Waals surface area contributed by atoms with Crippen molar-refractivity contribution in [2.75, 3.05) is 5.43 Å². The van der Waals surface area contributed by atoms with Gasteiger partial charge in [0.15, 0.2) is 5.03 Å². The van der Waals surface area contributed by atoms with Crippen LogP contribution < -0.4 is 10.7 Å². The first-order chi connectivity index (χ1) is 9.66. The van der Waals surface area contributed by atoms with Gasteiger partial charge in [0.25, 0.3) is 5.91 Å². The standard InChI is InChI=1S/C8H7NO.C6H6N2O2/c10-8-7-4-2-1-3-6(7)5-9-8;9-8(10)7-6-4-2-1-3-5-6/h1-4H,5H2,(H,9,10);1-5,7H. The summed E-state index contributed by atoms with van der Waals surface area (Å²) in [6.07, 6.45) is 0. The number of nitrogens with one attached hydrogen (secondary N) is 2. The lowest BCUT2D eigenvalue weighted by atomic mass is 10.1. The topological polar surface area (TPSA) is 84.3 Å². The zero-order chi connectivity index (χ0) is 14.4. The molecule has 0 bridgehead atoms. The predicted octanol–water partition coefficient (Wildman–Crippen LogP) is 2.22. The lowest BCUT2D eigenvalue weighted by molar-refractivity contribution is -0.445. The van der Waals surface area contributed by atoms with E-state index in [1.165, 1.54) is 0 Å². The minimum atomic E-state index is -0.588. The molecule has 6 heteroatoms. The van der Waals surface area contributed by atoms with Crippen LogP contribution in [0.3, 0.4) is 0 Å². The lowest BCUT2D eigenvalue weighted by Crippen LogP contribution is -2.12. The number of carbonyl (C=O) groups excluding carboxylic acids is 1. The van der Waals surface area contributed by atoms with Gasteiger partial charge < -0.3 is 5.32 Å². The summed E-state index contributed by atoms with van der Waals surface area (Å²) in [5.41, 5.74) is 4.45. The van der Waals surface area contributed by atoms with Gasteiger partial charge in [-0.15, -0.1) is 5.43 Å². The molecule has 1 aliphatic heterocycles. The van der Waals surface area contributed by atoms with Crippen LogP contribution in [0.2, 0.25) is 0 Å². The van der Waals surface area contributed by atoms with Gasteiger partial charge in [-0.05, 0) is 23.8 Å². The quantitative estimate of drug-likeness (QED) is 0.648. The van der Waals surface area contributed by atoms with E-state index in [0.29, 0.717) is 12.2 Å². The molecule has 1 heterocycles. The summed E-state index contributed by atoms with van der Waals surface area (Å²) in [6, 6.07) is 16.1. The van der Waals surface area contributed by atoms with Crippen LogP contribution >= 0.6 is 0 Å². The summed E-state index contributed by atoms with van der Waals surface area (Å²) in [5.74, 6) is 0.0515. The highest BCUT2D eigenvalue weighted by atomic mass is 16.7. The van der Waals surface area contributed by atoms with Crippen molar-refractivity contribution in [2.45, 2.75) is 6.54 Å². The Morgan fingerprint density at radius 3 is 2.35 bits per heavy atom. The first-order valence-corrected chi connectivity index (χ1v) is 5.99. The maximum atomic E-state index is 11.0. The third-order valence-corrected chi connectivity index (χ3v) is 2.70. The fraction of sp³-hybridized carbons (Fsp3) is 0.0714. The number of anilines is 1. The van der Waals surface area contributed by atoms with Gasteiger partial charge >= 0.3 is 0 Å². The highest BCUT2D eigenvalue weighted by Gasteiger charge is 2.16. The van der Waals surface area contributed by atoms with E-state index in [2.05, 4.69) is 5.32 Å². The van der Waals surface area contributed by atoms with Crippen LogP contribution in [0.5, 0.6) is 0 Å². The van der Waals surface area contributed by atoms with Crippen molar-refractivity contribution in [1.29, 1.82) is 0 Å². The Bertz CT molecular complexity index is 614. The third-order valence-electron chi connectivity index (χ3n) is 2.70. The molecular formula is C14H13N3O3. The van der Waals surface area contributed by atoms with Crippen LogP contribution in [0.1, 0.15) is 15.9 Å². The molecular weight excluding hydrogens is 258 g/mol. The number of rotatable bonds is 2. The predicted molar refractivity (Wildman–Crippen MR) is 74.7 cm³/mol. The van der Waals surface area contributed by atoms with E-state index in [-0.39, 0.29) is 5.91 Å². The largest absolute Gasteiger partial charge is 0.348 e. The van der Waals surface area contributed by atoms with Crippen LogP contribution in [0.4, 0.5) is 5.69 Å². The van der Waals surface area contributed by atoms with Crippen molar-refractivity contribution in [2.24, 2.45) is 0 Å². The maximum Gasteiger partial charge on any atom is 0.251 e. The minimum absolute atomic E-state index is 0.0515. The molecule has 0 aromatic heterocycles. The van der Waals surface area contributed by atoms with Gasteiger partial charge in [-0.25, -0.2) is 10.1 Å². The molecule has 3 rings (SSSR count). The molecule has 2 N–H and O–H groups in total. The van der Waals surface area contributed by atoms with Gasteiger partial charge in [-0.1, -0.05) is 36.4 Å². The molecule has 0 saturated carbocycles. The van der Waals surface area contributed by atoms with Crippen molar-refractivity contribution < 1.29 is 9.83 Å². The smallest absolute Gasteiger partial charge is 0.251 e. The molecule has 0 fully saturated rings. The Morgan fingerprint density at radius 1 is 1.05 bits per heavy atom. The van der Waals surface area contributed by atoms with E-state index < -0.39 is 5.03 Å². The molecule has 1 aliphatic rings. The number of carbonyl (C=O) groups is 1. The molecule has 0 aliphatic carbocycles. The van der Waals surface area contributed by atoms with Gasteiger partial charge in [0.05, 0.1) is 0 Å². The normalized spacial score (nSPS) is 11.7. The number of fused-ring (bicyclic) bond motifs is 1. The lowest BCUT2D eigenvalue weighted by Gasteiger charge is -1.93. The molecule has 1 amide bonds. The number of amides is 1. The molecule has 6 nitrogen and oxygen atoms in total. The van der Waals surface area contributed by atoms with Crippen molar-refractivity contribution in [3.05, 3.63) is 75.8 Å². The summed E-state index contributed by atoms with van der Waals surface area (Å²) in [6.45, 7) is 0.689. The summed E-state index contributed by atoms with van der Waals surface area (Å²) >= 11 is 0. The van der Waals surface area contributed by atoms with Crippen molar-refractivity contribution in [3.8, 4) is 0 Å². The van der Waals surface area contributed by atoms with Gasteiger partial charge in [-0.3, -0.25) is 4.79 Å². The van der Waals surface area contributed by atoms with Crippen LogP contribution in [0.15, 0.2) is 54.6 Å². The molecule has 20 heavy (non-hydrogen) atoms. The Kier molecular flexibility index (Phi) is 4.28. The van der Waals surface area contributed by atoms with Crippen LogP contribution in [-0.2, 0) is 6.54 Å². The molecule has 2 aromatic carbocycles. The average molecular weight is 271 g/mol. The van der Waals surface area contributed by atoms with Crippen LogP contribution in [0.25, 0.3) is 0 Å². The fourth-order valence-electron chi connectivity index (χ4n) is 1.78. The van der Waals surface area contributed by atoms with E-state index in [4.69, 9.17) is 0 Å². The highest BCUT2D eigenvalue weighted by Crippen LogP contribution is 2.13. The number of hydrogen-bond acceptors (Lipinski definition) is 3. The molecule has 0 unspecified atom stereocenters. The van der Waals surface area contributed by atoms with Crippen LogP contribution in [0, 0.1) is 10.1 Å². The molecule has 0 spiro atoms. The Balaban J connectivity index is 0.000000147. The van der Waals surface area contributed by atoms with Crippen LogP contribution in [-0.4, -0.2) is 10.9 Å². The van der Waals surface area contributed by atoms with E-state index in [9.17, 15) is 14.9 Å². The van der Waals surface area contributed by atoms with Gasteiger partial charge in [-0.2, -0.15) is 0 Å². The monoisotopic (exact) mass is 271 g/mol. The molecule has 0 atom stereocenters. The zero-order valence-electron chi connectivity index (χ0n) is 10.6. The fourth-order valence-corrected chi connectivity index (χ4v) is 1.78. The van der Waals surface area contributed by atoms with Crippen molar-refractivity contribution in [1.82, 2.24) is 5.32 Å². The van der Waals surface area contributed by atoms with Gasteiger partial charge in [0, 0.05) is 12.1 Å². The summed E-state index contributed by atoms with van der Waals surface area (Å²) in [7, 11) is 0. The van der Waals surface area contributed by atoms with Crippen molar-refractivity contribution in [3.63, 3.8) is 0 Å². The second-order valence-electron chi connectivity index (χ2n) is 4.07. The number of benzene rings is 2. The Morgan fingerprint density at radius 2 is 1.70 bits per heavy atom. The number of hydrazine groups is 1. The summed E-state index contributed by atoms with van der Waals surface area (Å²) in [5, 5.41) is 12.0. The zero-order valence-corrected chi connectivity index (χ0v) is 10.6. The molecule has 0 radical (unpaired) electrons. The van der Waals surface area contributed by atoms with E-state index in [1.807, 2.05) is 29.7 Å². The highest BCUT2D eigenvalue weighted by molar-refractivity contribution is 5.98. The second-order valence-corrected chi connectivity index (χ2v) is 4.07. The van der Waals surface area contributed by atoms with Crippen molar-refractivity contribution >= 4 is 11.6 Å². The molecule has 102 valence electrons. The SMILES string of the molecule is O=C1NCc2ccccc21.O=[N+]([O-])Nc1ccccc1. The number of para-hydroxylation sites is 1. The maximum absolute atomic E-state index is 11.0. The molecule has 2 aromatic rings. The van der Waals surface area contributed by atoms with Gasteiger partial charge in [0.2, 0.25) is 0 Å².